The second-order valence-corrected chi connectivity index (χ2v) is 7.51. The number of rotatable bonds is 1. The average molecular weight is 248 g/mol. The quantitative estimate of drug-likeness (QED) is 0.741. The Morgan fingerprint density at radius 1 is 1.00 bits per heavy atom. The SMILES string of the molecule is CC1(C23CC4CC(CC(C4)C2)C3)NCCNC1=O. The summed E-state index contributed by atoms with van der Waals surface area (Å²) < 4.78 is 0. The molecule has 0 aromatic heterocycles. The molecule has 3 heteroatoms. The van der Waals surface area contributed by atoms with E-state index < -0.39 is 0 Å². The van der Waals surface area contributed by atoms with Crippen molar-refractivity contribution in [3.8, 4) is 0 Å². The highest BCUT2D eigenvalue weighted by Crippen LogP contribution is 2.63. The Kier molecular flexibility index (Phi) is 2.19. The van der Waals surface area contributed by atoms with Gasteiger partial charge in [0.1, 0.15) is 5.54 Å². The fourth-order valence-electron chi connectivity index (χ4n) is 5.90. The summed E-state index contributed by atoms with van der Waals surface area (Å²) in [7, 11) is 0. The van der Waals surface area contributed by atoms with E-state index >= 15 is 0 Å². The maximum Gasteiger partial charge on any atom is 0.240 e. The zero-order chi connectivity index (χ0) is 12.4. The van der Waals surface area contributed by atoms with Gasteiger partial charge >= 0.3 is 0 Å². The fourth-order valence-corrected chi connectivity index (χ4v) is 5.90. The first-order valence-corrected chi connectivity index (χ1v) is 7.65. The molecule has 5 fully saturated rings. The number of piperazine rings is 1. The van der Waals surface area contributed by atoms with Gasteiger partial charge in [-0.05, 0) is 68.6 Å². The Morgan fingerprint density at radius 3 is 2.06 bits per heavy atom. The lowest BCUT2D eigenvalue weighted by molar-refractivity contribution is -0.150. The van der Waals surface area contributed by atoms with E-state index in [2.05, 4.69) is 17.6 Å². The molecule has 1 amide bonds. The van der Waals surface area contributed by atoms with Crippen molar-refractivity contribution in [2.75, 3.05) is 13.1 Å². The summed E-state index contributed by atoms with van der Waals surface area (Å²) in [5.41, 5.74) is -0.0481. The summed E-state index contributed by atoms with van der Waals surface area (Å²) in [5.74, 6) is 2.98. The number of hydrogen-bond donors (Lipinski definition) is 2. The van der Waals surface area contributed by atoms with E-state index in [1.165, 1.54) is 38.5 Å². The molecule has 4 aliphatic carbocycles. The van der Waals surface area contributed by atoms with Gasteiger partial charge < -0.3 is 10.6 Å². The van der Waals surface area contributed by atoms with Crippen molar-refractivity contribution in [1.82, 2.24) is 10.6 Å². The molecule has 100 valence electrons. The molecule has 4 saturated carbocycles. The first-order chi connectivity index (χ1) is 8.61. The molecule has 1 aliphatic heterocycles. The third-order valence-electron chi connectivity index (χ3n) is 6.44. The molecule has 1 unspecified atom stereocenters. The van der Waals surface area contributed by atoms with Crippen LogP contribution in [0.4, 0.5) is 0 Å². The Labute approximate surface area is 109 Å². The minimum atomic E-state index is -0.304. The first-order valence-electron chi connectivity index (χ1n) is 7.65. The third-order valence-corrected chi connectivity index (χ3v) is 6.44. The van der Waals surface area contributed by atoms with Crippen molar-refractivity contribution in [3.63, 3.8) is 0 Å². The molecule has 5 rings (SSSR count). The molecule has 4 bridgehead atoms. The van der Waals surface area contributed by atoms with Crippen molar-refractivity contribution >= 4 is 5.91 Å². The van der Waals surface area contributed by atoms with E-state index in [0.29, 0.717) is 0 Å². The third kappa shape index (κ3) is 1.31. The van der Waals surface area contributed by atoms with Crippen LogP contribution in [0.3, 0.4) is 0 Å². The van der Waals surface area contributed by atoms with Crippen LogP contribution in [0.1, 0.15) is 45.4 Å². The first kappa shape index (κ1) is 11.3. The van der Waals surface area contributed by atoms with Crippen LogP contribution in [0.25, 0.3) is 0 Å². The molecule has 0 aromatic rings. The van der Waals surface area contributed by atoms with Gasteiger partial charge in [-0.25, -0.2) is 0 Å². The van der Waals surface area contributed by atoms with Gasteiger partial charge in [0.05, 0.1) is 0 Å². The number of carbonyl (C=O) groups excluding carboxylic acids is 1. The van der Waals surface area contributed by atoms with Crippen LogP contribution in [-0.4, -0.2) is 24.5 Å². The molecule has 0 aromatic carbocycles. The van der Waals surface area contributed by atoms with Crippen LogP contribution < -0.4 is 10.6 Å². The van der Waals surface area contributed by atoms with Crippen molar-refractivity contribution in [2.45, 2.75) is 51.0 Å². The second-order valence-electron chi connectivity index (χ2n) is 7.51. The largest absolute Gasteiger partial charge is 0.353 e. The zero-order valence-electron chi connectivity index (χ0n) is 11.3. The lowest BCUT2D eigenvalue weighted by Crippen LogP contribution is -2.72. The maximum absolute atomic E-state index is 12.5. The minimum absolute atomic E-state index is 0.256. The number of nitrogens with one attached hydrogen (secondary N) is 2. The maximum atomic E-state index is 12.5. The predicted molar refractivity (Wildman–Crippen MR) is 70.0 cm³/mol. The van der Waals surface area contributed by atoms with E-state index in [4.69, 9.17) is 0 Å². The highest BCUT2D eigenvalue weighted by molar-refractivity contribution is 5.87. The Balaban J connectivity index is 1.72. The van der Waals surface area contributed by atoms with Gasteiger partial charge in [-0.15, -0.1) is 0 Å². The smallest absolute Gasteiger partial charge is 0.240 e. The van der Waals surface area contributed by atoms with Crippen LogP contribution in [0.15, 0.2) is 0 Å². The van der Waals surface area contributed by atoms with E-state index in [0.717, 1.165) is 30.8 Å². The van der Waals surface area contributed by atoms with E-state index in [9.17, 15) is 4.79 Å². The molecular formula is C15H24N2O. The topological polar surface area (TPSA) is 41.1 Å². The van der Waals surface area contributed by atoms with E-state index in [1.54, 1.807) is 0 Å². The van der Waals surface area contributed by atoms with Gasteiger partial charge in [0.15, 0.2) is 0 Å². The Bertz CT molecular complexity index is 357. The van der Waals surface area contributed by atoms with Crippen LogP contribution in [0.5, 0.6) is 0 Å². The van der Waals surface area contributed by atoms with Crippen LogP contribution in [-0.2, 0) is 4.79 Å². The lowest BCUT2D eigenvalue weighted by atomic mass is 9.44. The molecule has 5 aliphatic rings. The summed E-state index contributed by atoms with van der Waals surface area (Å²) in [5, 5.41) is 6.69. The standard InChI is InChI=1S/C15H24N2O/c1-14(13(18)16-2-3-17-14)15-7-10-4-11(8-15)6-12(5-10)9-15/h10-12,17H,2-9H2,1H3,(H,16,18). The summed E-state index contributed by atoms with van der Waals surface area (Å²) in [4.78, 5) is 12.5. The van der Waals surface area contributed by atoms with Gasteiger partial charge in [-0.1, -0.05) is 0 Å². The van der Waals surface area contributed by atoms with Crippen LogP contribution in [0, 0.1) is 23.2 Å². The molecular weight excluding hydrogens is 224 g/mol. The summed E-state index contributed by atoms with van der Waals surface area (Å²) in [6.45, 7) is 3.90. The molecule has 2 N–H and O–H groups in total. The van der Waals surface area contributed by atoms with Crippen molar-refractivity contribution in [2.24, 2.45) is 23.2 Å². The lowest BCUT2D eigenvalue weighted by Gasteiger charge is -2.63. The number of hydrogen-bond acceptors (Lipinski definition) is 2. The molecule has 3 nitrogen and oxygen atoms in total. The fraction of sp³-hybridized carbons (Fsp3) is 0.933. The summed E-state index contributed by atoms with van der Waals surface area (Å²) >= 11 is 0. The highest BCUT2D eigenvalue weighted by atomic mass is 16.2. The van der Waals surface area contributed by atoms with Crippen LogP contribution in [0.2, 0.25) is 0 Å². The Morgan fingerprint density at radius 2 is 1.56 bits per heavy atom. The number of amides is 1. The van der Waals surface area contributed by atoms with Crippen molar-refractivity contribution in [3.05, 3.63) is 0 Å². The second kappa shape index (κ2) is 3.50. The van der Waals surface area contributed by atoms with Crippen molar-refractivity contribution in [1.29, 1.82) is 0 Å². The highest BCUT2D eigenvalue weighted by Gasteiger charge is 2.61. The van der Waals surface area contributed by atoms with E-state index in [-0.39, 0.29) is 16.9 Å². The van der Waals surface area contributed by atoms with Crippen molar-refractivity contribution < 1.29 is 4.79 Å². The zero-order valence-corrected chi connectivity index (χ0v) is 11.3. The van der Waals surface area contributed by atoms with Gasteiger partial charge in [-0.2, -0.15) is 0 Å². The van der Waals surface area contributed by atoms with Gasteiger partial charge in [-0.3, -0.25) is 4.79 Å². The summed E-state index contributed by atoms with van der Waals surface area (Å²) in [6.07, 6.45) is 8.19. The average Bonchev–Trinajstić information content (AvgIpc) is 2.31. The molecule has 1 atom stereocenters. The van der Waals surface area contributed by atoms with Gasteiger partial charge in [0.25, 0.3) is 0 Å². The molecule has 18 heavy (non-hydrogen) atoms. The van der Waals surface area contributed by atoms with E-state index in [1.807, 2.05) is 0 Å². The summed E-state index contributed by atoms with van der Waals surface area (Å²) in [6, 6.07) is 0. The predicted octanol–water partition coefficient (Wildman–Crippen LogP) is 1.68. The van der Waals surface area contributed by atoms with Gasteiger partial charge in [0.2, 0.25) is 5.91 Å². The minimum Gasteiger partial charge on any atom is -0.353 e. The van der Waals surface area contributed by atoms with Gasteiger partial charge in [0, 0.05) is 13.1 Å². The molecule has 1 heterocycles. The molecule has 0 spiro atoms. The monoisotopic (exact) mass is 248 g/mol. The molecule has 1 saturated heterocycles. The van der Waals surface area contributed by atoms with Crippen LogP contribution >= 0.6 is 0 Å². The normalized spacial score (nSPS) is 54.5. The Hall–Kier alpha value is -0.570. The molecule has 0 radical (unpaired) electrons. The number of carbonyl (C=O) groups is 1.